The topological polar surface area (TPSA) is 80.9 Å². The second-order valence-corrected chi connectivity index (χ2v) is 6.05. The Bertz CT molecular complexity index is 515. The maximum absolute atomic E-state index is 12.5. The van der Waals surface area contributed by atoms with Crippen molar-refractivity contribution < 1.29 is 18.8 Å². The number of methoxy groups -OCH3 is 1. The zero-order valence-corrected chi connectivity index (χ0v) is 13.6. The van der Waals surface area contributed by atoms with Crippen molar-refractivity contribution in [3.05, 3.63) is 11.7 Å². The summed E-state index contributed by atoms with van der Waals surface area (Å²) in [6, 6.07) is 0. The molecule has 2 saturated heterocycles. The Morgan fingerprint density at radius 3 is 3.04 bits per heavy atom. The number of ether oxygens (including phenoxy) is 2. The van der Waals surface area contributed by atoms with E-state index in [0.717, 1.165) is 39.0 Å². The van der Waals surface area contributed by atoms with Crippen molar-refractivity contribution in [3.63, 3.8) is 0 Å². The normalized spacial score (nSPS) is 23.2. The van der Waals surface area contributed by atoms with E-state index in [1.54, 1.807) is 7.11 Å². The molecule has 8 heteroatoms. The Morgan fingerprint density at radius 1 is 1.35 bits per heavy atom. The van der Waals surface area contributed by atoms with Gasteiger partial charge >= 0.3 is 0 Å². The first kappa shape index (κ1) is 16.4. The molecule has 23 heavy (non-hydrogen) atoms. The predicted octanol–water partition coefficient (Wildman–Crippen LogP) is 0.287. The molecule has 0 saturated carbocycles. The highest BCUT2D eigenvalue weighted by Gasteiger charge is 2.29. The van der Waals surface area contributed by atoms with Crippen LogP contribution in [-0.4, -0.2) is 72.4 Å². The molecule has 8 nitrogen and oxygen atoms in total. The number of rotatable bonds is 5. The highest BCUT2D eigenvalue weighted by Crippen LogP contribution is 2.17. The summed E-state index contributed by atoms with van der Waals surface area (Å²) in [6.45, 7) is 5.55. The lowest BCUT2D eigenvalue weighted by Crippen LogP contribution is -2.39. The number of nitrogens with zero attached hydrogens (tertiary/aromatic N) is 4. The molecular formula is C15H24N4O4. The molecule has 0 aliphatic carbocycles. The molecule has 0 spiro atoms. The molecule has 0 bridgehead atoms. The molecule has 1 aromatic heterocycles. The minimum absolute atomic E-state index is 0.0501. The molecule has 1 aromatic rings. The summed E-state index contributed by atoms with van der Waals surface area (Å²) in [5, 5.41) is 3.87. The first-order valence-corrected chi connectivity index (χ1v) is 8.15. The van der Waals surface area contributed by atoms with Crippen molar-refractivity contribution >= 4 is 5.91 Å². The molecular weight excluding hydrogens is 300 g/mol. The summed E-state index contributed by atoms with van der Waals surface area (Å²) < 4.78 is 15.6. The van der Waals surface area contributed by atoms with Gasteiger partial charge in [-0.25, -0.2) is 0 Å². The number of hydrogen-bond acceptors (Lipinski definition) is 7. The molecule has 2 aliphatic heterocycles. The van der Waals surface area contributed by atoms with Gasteiger partial charge in [0.1, 0.15) is 6.61 Å². The first-order valence-electron chi connectivity index (χ1n) is 8.15. The van der Waals surface area contributed by atoms with E-state index in [0.29, 0.717) is 38.1 Å². The SMILES string of the molecule is COCc1noc(CN2CCCN(C(=O)C3CCOC3)CC2)n1. The monoisotopic (exact) mass is 324 g/mol. The standard InChI is InChI=1S/C15H24N4O4/c1-21-11-13-16-14(23-17-13)9-18-4-2-5-19(7-6-18)15(20)12-3-8-22-10-12/h12H,2-11H2,1H3. The van der Waals surface area contributed by atoms with Gasteiger partial charge in [-0.15, -0.1) is 0 Å². The molecule has 3 rings (SSSR count). The summed E-state index contributed by atoms with van der Waals surface area (Å²) in [7, 11) is 1.60. The van der Waals surface area contributed by atoms with Gasteiger partial charge in [0.05, 0.1) is 19.1 Å². The van der Waals surface area contributed by atoms with Crippen LogP contribution in [0.15, 0.2) is 4.52 Å². The average Bonchev–Trinajstić information content (AvgIpc) is 3.17. The minimum Gasteiger partial charge on any atom is -0.381 e. The van der Waals surface area contributed by atoms with E-state index in [1.807, 2.05) is 4.90 Å². The van der Waals surface area contributed by atoms with Crippen molar-refractivity contribution in [2.45, 2.75) is 26.0 Å². The Balaban J connectivity index is 1.50. The Labute approximate surface area is 135 Å². The summed E-state index contributed by atoms with van der Waals surface area (Å²) in [5.41, 5.74) is 0. The second-order valence-electron chi connectivity index (χ2n) is 6.05. The van der Waals surface area contributed by atoms with Crippen LogP contribution in [0.3, 0.4) is 0 Å². The van der Waals surface area contributed by atoms with Crippen LogP contribution < -0.4 is 0 Å². The fourth-order valence-electron chi connectivity index (χ4n) is 3.07. The number of hydrogen-bond donors (Lipinski definition) is 0. The third-order valence-corrected chi connectivity index (χ3v) is 4.32. The lowest BCUT2D eigenvalue weighted by atomic mass is 10.1. The van der Waals surface area contributed by atoms with Crippen LogP contribution in [0.2, 0.25) is 0 Å². The third kappa shape index (κ3) is 4.27. The molecule has 128 valence electrons. The summed E-state index contributed by atoms with van der Waals surface area (Å²) in [5.74, 6) is 1.45. The maximum atomic E-state index is 12.5. The minimum atomic E-state index is 0.0501. The van der Waals surface area contributed by atoms with Crippen LogP contribution in [0.4, 0.5) is 0 Å². The largest absolute Gasteiger partial charge is 0.381 e. The zero-order chi connectivity index (χ0) is 16.1. The lowest BCUT2D eigenvalue weighted by Gasteiger charge is -2.23. The number of carbonyl (C=O) groups excluding carboxylic acids is 1. The fraction of sp³-hybridized carbons (Fsp3) is 0.800. The molecule has 1 amide bonds. The highest BCUT2D eigenvalue weighted by atomic mass is 16.5. The first-order chi connectivity index (χ1) is 11.3. The molecule has 2 aliphatic rings. The summed E-state index contributed by atoms with van der Waals surface area (Å²) in [4.78, 5) is 21.0. The van der Waals surface area contributed by atoms with Crippen LogP contribution in [0, 0.1) is 5.92 Å². The van der Waals surface area contributed by atoms with Gasteiger partial charge in [0, 0.05) is 39.9 Å². The van der Waals surface area contributed by atoms with Gasteiger partial charge in [-0.05, 0) is 12.8 Å². The zero-order valence-electron chi connectivity index (χ0n) is 13.6. The quantitative estimate of drug-likeness (QED) is 0.770. The van der Waals surface area contributed by atoms with Gasteiger partial charge < -0.3 is 18.9 Å². The van der Waals surface area contributed by atoms with E-state index in [-0.39, 0.29) is 11.8 Å². The molecule has 1 unspecified atom stereocenters. The van der Waals surface area contributed by atoms with E-state index < -0.39 is 0 Å². The smallest absolute Gasteiger partial charge is 0.240 e. The lowest BCUT2D eigenvalue weighted by molar-refractivity contribution is -0.135. The van der Waals surface area contributed by atoms with Crippen LogP contribution >= 0.6 is 0 Å². The van der Waals surface area contributed by atoms with E-state index in [2.05, 4.69) is 15.0 Å². The van der Waals surface area contributed by atoms with Gasteiger partial charge in [0.25, 0.3) is 0 Å². The van der Waals surface area contributed by atoms with Gasteiger partial charge in [0.2, 0.25) is 11.8 Å². The van der Waals surface area contributed by atoms with Crippen molar-refractivity contribution in [2.24, 2.45) is 5.92 Å². The molecule has 0 radical (unpaired) electrons. The molecule has 0 N–H and O–H groups in total. The van der Waals surface area contributed by atoms with Crippen molar-refractivity contribution in [2.75, 3.05) is 46.5 Å². The van der Waals surface area contributed by atoms with Gasteiger partial charge in [-0.2, -0.15) is 4.98 Å². The van der Waals surface area contributed by atoms with E-state index in [9.17, 15) is 4.79 Å². The average molecular weight is 324 g/mol. The number of amides is 1. The third-order valence-electron chi connectivity index (χ3n) is 4.32. The molecule has 2 fully saturated rings. The highest BCUT2D eigenvalue weighted by molar-refractivity contribution is 5.79. The molecule has 0 aromatic carbocycles. The summed E-state index contributed by atoms with van der Waals surface area (Å²) in [6.07, 6.45) is 1.81. The van der Waals surface area contributed by atoms with Crippen molar-refractivity contribution in [3.8, 4) is 0 Å². The number of aromatic nitrogens is 2. The molecule has 3 heterocycles. The summed E-state index contributed by atoms with van der Waals surface area (Å²) >= 11 is 0. The molecule has 1 atom stereocenters. The van der Waals surface area contributed by atoms with Gasteiger partial charge in [-0.3, -0.25) is 9.69 Å². The van der Waals surface area contributed by atoms with Crippen LogP contribution in [0.1, 0.15) is 24.6 Å². The Morgan fingerprint density at radius 2 is 2.26 bits per heavy atom. The van der Waals surface area contributed by atoms with Gasteiger partial charge in [-0.1, -0.05) is 5.16 Å². The van der Waals surface area contributed by atoms with Crippen LogP contribution in [-0.2, 0) is 27.4 Å². The predicted molar refractivity (Wildman–Crippen MR) is 80.4 cm³/mol. The van der Waals surface area contributed by atoms with E-state index >= 15 is 0 Å². The number of carbonyl (C=O) groups is 1. The van der Waals surface area contributed by atoms with E-state index in [4.69, 9.17) is 14.0 Å². The van der Waals surface area contributed by atoms with Crippen LogP contribution in [0.5, 0.6) is 0 Å². The van der Waals surface area contributed by atoms with Crippen LogP contribution in [0.25, 0.3) is 0 Å². The Kier molecular flexibility index (Phi) is 5.58. The van der Waals surface area contributed by atoms with Crippen molar-refractivity contribution in [1.82, 2.24) is 19.9 Å². The second kappa shape index (κ2) is 7.85. The van der Waals surface area contributed by atoms with E-state index in [1.165, 1.54) is 0 Å². The Hall–Kier alpha value is -1.51. The van der Waals surface area contributed by atoms with Gasteiger partial charge in [0.15, 0.2) is 5.82 Å². The maximum Gasteiger partial charge on any atom is 0.240 e. The van der Waals surface area contributed by atoms with Crippen molar-refractivity contribution in [1.29, 1.82) is 0 Å². The fourth-order valence-corrected chi connectivity index (χ4v) is 3.07.